The zero-order chi connectivity index (χ0) is 23.0. The first-order chi connectivity index (χ1) is 15.1. The van der Waals surface area contributed by atoms with Crippen molar-refractivity contribution >= 4 is 22.8 Å². The highest BCUT2D eigenvalue weighted by atomic mass is 35.5. The maximum atomic E-state index is 12.6. The number of hydrogen-bond donors (Lipinski definition) is 2. The number of nitrogens with one attached hydrogen (secondary N) is 2. The van der Waals surface area contributed by atoms with Crippen molar-refractivity contribution in [2.45, 2.75) is 12.9 Å². The van der Waals surface area contributed by atoms with E-state index >= 15 is 0 Å². The number of hydrogen-bond acceptors (Lipinski definition) is 4. The summed E-state index contributed by atoms with van der Waals surface area (Å²) in [6.45, 7) is 0.145. The summed E-state index contributed by atoms with van der Waals surface area (Å²) in [6.07, 6.45) is -4.86. The van der Waals surface area contributed by atoms with Crippen LogP contribution < -0.4 is 25.3 Å². The molecule has 4 aromatic rings. The van der Waals surface area contributed by atoms with Gasteiger partial charge in [-0.15, -0.1) is 13.2 Å². The lowest BCUT2D eigenvalue weighted by Crippen LogP contribution is -2.40. The van der Waals surface area contributed by atoms with Crippen LogP contribution in [0.4, 0.5) is 13.2 Å². The van der Waals surface area contributed by atoms with E-state index in [1.807, 2.05) is 0 Å². The van der Waals surface area contributed by atoms with Crippen LogP contribution in [0.3, 0.4) is 0 Å². The summed E-state index contributed by atoms with van der Waals surface area (Å²) in [4.78, 5) is 29.6. The van der Waals surface area contributed by atoms with Crippen LogP contribution in [0, 0.1) is 0 Å². The van der Waals surface area contributed by atoms with Crippen LogP contribution in [0.1, 0.15) is 5.56 Å². The fraction of sp³-hybridized carbons (Fsp3) is 0.150. The number of alkyl halides is 3. The number of nitrogens with zero attached hydrogens (tertiary/aromatic N) is 2. The van der Waals surface area contributed by atoms with Crippen LogP contribution in [-0.2, 0) is 13.6 Å². The first-order valence-corrected chi connectivity index (χ1v) is 9.51. The van der Waals surface area contributed by atoms with Gasteiger partial charge >= 0.3 is 23.6 Å². The Morgan fingerprint density at radius 3 is 2.44 bits per heavy atom. The average Bonchev–Trinajstić information content (AvgIpc) is 3.05. The molecule has 0 aliphatic heterocycles. The van der Waals surface area contributed by atoms with Crippen molar-refractivity contribution in [2.24, 2.45) is 7.05 Å². The lowest BCUT2D eigenvalue weighted by atomic mass is 10.2. The molecular weight excluding hydrogens is 453 g/mol. The molecule has 0 aliphatic carbocycles. The molecule has 0 radical (unpaired) electrons. The minimum atomic E-state index is -4.86. The Hall–Kier alpha value is -3.73. The summed E-state index contributed by atoms with van der Waals surface area (Å²) in [5.74, 6) is -0.454. The normalized spacial score (nSPS) is 11.7. The average molecular weight is 468 g/mol. The minimum absolute atomic E-state index is 0.0181. The summed E-state index contributed by atoms with van der Waals surface area (Å²) in [6, 6.07) is 11.8. The molecule has 0 spiro atoms. The summed E-state index contributed by atoms with van der Waals surface area (Å²) < 4.78 is 50.0. The standard InChI is InChI=1S/C20H14ClF3N4O4/c1-27-16-15(17(29)26-18(27)30)28(10-11-5-7-12(21)8-6-11)19(25-16)31-13-3-2-4-14(9-13)32-20(22,23)24/h2-9H,10H2,1H3,(H,26,29,30)/p+1. The molecule has 8 nitrogen and oxygen atoms in total. The van der Waals surface area contributed by atoms with Crippen molar-refractivity contribution in [3.8, 4) is 17.5 Å². The van der Waals surface area contributed by atoms with Gasteiger partial charge in [0.15, 0.2) is 0 Å². The van der Waals surface area contributed by atoms with Gasteiger partial charge in [-0.1, -0.05) is 29.8 Å². The van der Waals surface area contributed by atoms with E-state index in [1.54, 1.807) is 24.3 Å². The van der Waals surface area contributed by atoms with E-state index in [2.05, 4.69) is 14.7 Å². The molecule has 2 N–H and O–H groups in total. The molecule has 0 aliphatic rings. The Bertz CT molecular complexity index is 1410. The number of fused-ring (bicyclic) bond motifs is 1. The first-order valence-electron chi connectivity index (χ1n) is 9.13. The van der Waals surface area contributed by atoms with Gasteiger partial charge in [0, 0.05) is 18.1 Å². The zero-order valence-corrected chi connectivity index (χ0v) is 17.1. The van der Waals surface area contributed by atoms with Gasteiger partial charge in [0.05, 0.1) is 0 Å². The Labute approximate surface area is 182 Å². The number of H-pyrrole nitrogens is 2. The maximum Gasteiger partial charge on any atom is 0.573 e. The monoisotopic (exact) mass is 467 g/mol. The van der Waals surface area contributed by atoms with Crippen molar-refractivity contribution in [2.75, 3.05) is 0 Å². The molecule has 2 aromatic carbocycles. The fourth-order valence-corrected chi connectivity index (χ4v) is 3.25. The molecule has 2 heterocycles. The Kier molecular flexibility index (Phi) is 5.43. The molecule has 0 saturated carbocycles. The van der Waals surface area contributed by atoms with Crippen LogP contribution in [0.15, 0.2) is 58.1 Å². The van der Waals surface area contributed by atoms with E-state index in [-0.39, 0.29) is 29.5 Å². The third kappa shape index (κ3) is 4.47. The van der Waals surface area contributed by atoms with E-state index in [4.69, 9.17) is 16.3 Å². The number of imidazole rings is 1. The van der Waals surface area contributed by atoms with Crippen molar-refractivity contribution in [1.29, 1.82) is 0 Å². The molecule has 12 heteroatoms. The van der Waals surface area contributed by atoms with Gasteiger partial charge in [-0.3, -0.25) is 14.3 Å². The molecule has 0 amide bonds. The van der Waals surface area contributed by atoms with Crippen LogP contribution in [0.25, 0.3) is 11.2 Å². The summed E-state index contributed by atoms with van der Waals surface area (Å²) in [5.41, 5.74) is -0.260. The summed E-state index contributed by atoms with van der Waals surface area (Å²) in [5, 5.41) is 0.524. The lowest BCUT2D eigenvalue weighted by molar-refractivity contribution is -0.667. The van der Waals surface area contributed by atoms with Crippen LogP contribution >= 0.6 is 11.6 Å². The van der Waals surface area contributed by atoms with E-state index in [0.717, 1.165) is 17.7 Å². The zero-order valence-electron chi connectivity index (χ0n) is 16.4. The van der Waals surface area contributed by atoms with Crippen LogP contribution in [0.5, 0.6) is 17.5 Å². The molecule has 32 heavy (non-hydrogen) atoms. The van der Waals surface area contributed by atoms with E-state index in [0.29, 0.717) is 5.02 Å². The molecule has 0 bridgehead atoms. The second kappa shape index (κ2) is 8.08. The number of aromatic amines is 2. The molecule has 0 saturated heterocycles. The molecule has 166 valence electrons. The topological polar surface area (TPSA) is 93.0 Å². The largest absolute Gasteiger partial charge is 0.573 e. The summed E-state index contributed by atoms with van der Waals surface area (Å²) in [7, 11) is 1.45. The Balaban J connectivity index is 1.82. The second-order valence-corrected chi connectivity index (χ2v) is 7.22. The third-order valence-corrected chi connectivity index (χ3v) is 4.80. The first kappa shape index (κ1) is 21.5. The second-order valence-electron chi connectivity index (χ2n) is 6.78. The molecule has 4 rings (SSSR count). The van der Waals surface area contributed by atoms with Crippen molar-refractivity contribution in [1.82, 2.24) is 14.5 Å². The molecule has 0 fully saturated rings. The Morgan fingerprint density at radius 1 is 1.06 bits per heavy atom. The van der Waals surface area contributed by atoms with E-state index in [9.17, 15) is 22.8 Å². The number of ether oxygens (including phenoxy) is 2. The highest BCUT2D eigenvalue weighted by molar-refractivity contribution is 6.30. The predicted octanol–water partition coefficient (Wildman–Crippen LogP) is 3.24. The molecule has 2 aromatic heterocycles. The number of halogens is 4. The van der Waals surface area contributed by atoms with Gasteiger partial charge in [0.25, 0.3) is 11.2 Å². The quantitative estimate of drug-likeness (QED) is 0.441. The number of rotatable bonds is 5. The van der Waals surface area contributed by atoms with Crippen molar-refractivity contribution in [3.63, 3.8) is 0 Å². The van der Waals surface area contributed by atoms with Gasteiger partial charge in [-0.05, 0) is 29.8 Å². The van der Waals surface area contributed by atoms with Gasteiger partial charge in [-0.25, -0.2) is 4.79 Å². The number of aromatic nitrogens is 4. The fourth-order valence-electron chi connectivity index (χ4n) is 3.12. The van der Waals surface area contributed by atoms with Crippen LogP contribution in [0.2, 0.25) is 5.02 Å². The lowest BCUT2D eigenvalue weighted by Gasteiger charge is -2.09. The minimum Gasteiger partial charge on any atom is -0.406 e. The smallest absolute Gasteiger partial charge is 0.406 e. The van der Waals surface area contributed by atoms with Gasteiger partial charge in [0.2, 0.25) is 0 Å². The molecule has 0 unspecified atom stereocenters. The highest BCUT2D eigenvalue weighted by Gasteiger charge is 2.31. The Morgan fingerprint density at radius 2 is 1.75 bits per heavy atom. The molecule has 0 atom stereocenters. The number of aryl methyl sites for hydroxylation is 1. The summed E-state index contributed by atoms with van der Waals surface area (Å²) >= 11 is 5.93. The van der Waals surface area contributed by atoms with Crippen molar-refractivity contribution < 1.29 is 27.2 Å². The van der Waals surface area contributed by atoms with Crippen molar-refractivity contribution in [3.05, 3.63) is 80.0 Å². The molecular formula is C20H15ClF3N4O4+. The van der Waals surface area contributed by atoms with Crippen LogP contribution in [-0.4, -0.2) is 20.9 Å². The SMILES string of the molecule is Cn1c(=O)[nH]c(=O)c2c1[nH]c(Oc1cccc(OC(F)(F)F)c1)[n+]2Cc1ccc(Cl)cc1. The predicted molar refractivity (Wildman–Crippen MR) is 108 cm³/mol. The highest BCUT2D eigenvalue weighted by Crippen LogP contribution is 2.28. The van der Waals surface area contributed by atoms with E-state index < -0.39 is 23.4 Å². The van der Waals surface area contributed by atoms with Gasteiger partial charge in [-0.2, -0.15) is 9.55 Å². The third-order valence-electron chi connectivity index (χ3n) is 4.55. The maximum absolute atomic E-state index is 12.6. The van der Waals surface area contributed by atoms with Gasteiger partial charge in [0.1, 0.15) is 18.0 Å². The number of benzene rings is 2. The van der Waals surface area contributed by atoms with E-state index in [1.165, 1.54) is 28.3 Å². The van der Waals surface area contributed by atoms with Gasteiger partial charge < -0.3 is 9.47 Å².